The first-order chi connectivity index (χ1) is 15.3. The summed E-state index contributed by atoms with van der Waals surface area (Å²) in [7, 11) is 1.76. The van der Waals surface area contributed by atoms with Gasteiger partial charge in [0.15, 0.2) is 0 Å². The maximum absolute atomic E-state index is 13.8. The smallest absolute Gasteiger partial charge is 0.318 e. The van der Waals surface area contributed by atoms with Crippen molar-refractivity contribution >= 4 is 29.5 Å². The Morgan fingerprint density at radius 1 is 1.44 bits per heavy atom. The lowest BCUT2D eigenvalue weighted by Gasteiger charge is -2.30. The van der Waals surface area contributed by atoms with Crippen molar-refractivity contribution in [3.63, 3.8) is 0 Å². The molecule has 2 aromatic rings. The average molecular weight is 463 g/mol. The number of anilines is 1. The minimum Gasteiger partial charge on any atom is -0.394 e. The number of amides is 3. The molecular weight excluding hydrogens is 439 g/mol. The molecule has 0 spiro atoms. The largest absolute Gasteiger partial charge is 0.394 e. The quantitative estimate of drug-likeness (QED) is 0.624. The average Bonchev–Trinajstić information content (AvgIpc) is 3.09. The Balaban J connectivity index is 1.41. The van der Waals surface area contributed by atoms with E-state index in [9.17, 15) is 19.1 Å². The molecule has 4 rings (SSSR count). The molecule has 3 amide bonds. The van der Waals surface area contributed by atoms with Crippen molar-refractivity contribution < 1.29 is 19.1 Å². The van der Waals surface area contributed by atoms with Gasteiger partial charge in [0.05, 0.1) is 36.0 Å². The minimum absolute atomic E-state index is 0.0258. The van der Waals surface area contributed by atoms with Crippen molar-refractivity contribution in [3.05, 3.63) is 52.1 Å². The van der Waals surface area contributed by atoms with Crippen LogP contribution in [0.5, 0.6) is 0 Å². The summed E-state index contributed by atoms with van der Waals surface area (Å²) in [4.78, 5) is 36.7. The maximum atomic E-state index is 13.8. The molecule has 2 aliphatic rings. The van der Waals surface area contributed by atoms with E-state index < -0.39 is 11.9 Å². The normalized spacial score (nSPS) is 19.0. The summed E-state index contributed by atoms with van der Waals surface area (Å²) in [6, 6.07) is 2.94. The molecule has 0 saturated carbocycles. The number of aliphatic hydroxyl groups excluding tert-OH is 1. The molecule has 3 N–H and O–H groups in total. The van der Waals surface area contributed by atoms with Crippen LogP contribution in [0.15, 0.2) is 24.4 Å². The fourth-order valence-electron chi connectivity index (χ4n) is 3.89. The zero-order chi connectivity index (χ0) is 22.8. The fraction of sp³-hybridized carbons (Fsp3) is 0.429. The summed E-state index contributed by atoms with van der Waals surface area (Å²) >= 11 is 5.72. The number of carbonyl (C=O) groups is 2. The van der Waals surface area contributed by atoms with Crippen LogP contribution < -0.4 is 10.6 Å². The second-order valence-electron chi connectivity index (χ2n) is 8.01. The number of nitrogens with one attached hydrogen (secondary N) is 2. The van der Waals surface area contributed by atoms with Gasteiger partial charge in [0, 0.05) is 32.8 Å². The first-order valence-corrected chi connectivity index (χ1v) is 10.7. The van der Waals surface area contributed by atoms with E-state index >= 15 is 0 Å². The topological polar surface area (TPSA) is 111 Å². The highest BCUT2D eigenvalue weighted by Crippen LogP contribution is 2.22. The van der Waals surface area contributed by atoms with Crippen LogP contribution in [0, 0.1) is 5.82 Å². The molecule has 0 aliphatic carbocycles. The molecule has 1 saturated heterocycles. The van der Waals surface area contributed by atoms with Gasteiger partial charge in [-0.2, -0.15) is 0 Å². The summed E-state index contributed by atoms with van der Waals surface area (Å²) in [5.74, 6) is -0.123. The van der Waals surface area contributed by atoms with Crippen LogP contribution in [0.25, 0.3) is 0 Å². The van der Waals surface area contributed by atoms with Crippen LogP contribution in [0.2, 0.25) is 5.02 Å². The van der Waals surface area contributed by atoms with Crippen molar-refractivity contribution in [2.45, 2.75) is 31.5 Å². The van der Waals surface area contributed by atoms with Gasteiger partial charge in [-0.05, 0) is 29.7 Å². The summed E-state index contributed by atoms with van der Waals surface area (Å²) in [6.07, 6.45) is 2.72. The van der Waals surface area contributed by atoms with Gasteiger partial charge in [0.2, 0.25) is 11.9 Å². The highest BCUT2D eigenvalue weighted by Gasteiger charge is 2.28. The molecule has 1 fully saturated rings. The molecule has 2 aliphatic heterocycles. The molecule has 9 nitrogen and oxygen atoms in total. The Kier molecular flexibility index (Phi) is 6.43. The van der Waals surface area contributed by atoms with Gasteiger partial charge in [-0.1, -0.05) is 17.7 Å². The number of likely N-dealkylation sites (N-methyl/N-ethyl adjacent to an activating group) is 1. The van der Waals surface area contributed by atoms with Crippen molar-refractivity contribution in [2.24, 2.45) is 0 Å². The van der Waals surface area contributed by atoms with Crippen molar-refractivity contribution in [1.29, 1.82) is 0 Å². The van der Waals surface area contributed by atoms with E-state index in [2.05, 4.69) is 20.6 Å². The van der Waals surface area contributed by atoms with Gasteiger partial charge in [0.1, 0.15) is 5.82 Å². The van der Waals surface area contributed by atoms with E-state index in [0.29, 0.717) is 37.4 Å². The Hall–Kier alpha value is -2.98. The number of fused-ring (bicyclic) bond motifs is 1. The van der Waals surface area contributed by atoms with E-state index in [4.69, 9.17) is 11.6 Å². The Morgan fingerprint density at radius 3 is 2.94 bits per heavy atom. The minimum atomic E-state index is -0.768. The molecule has 0 bridgehead atoms. The Labute approximate surface area is 189 Å². The summed E-state index contributed by atoms with van der Waals surface area (Å²) in [5, 5.41) is 15.6. The van der Waals surface area contributed by atoms with Gasteiger partial charge in [-0.3, -0.25) is 4.79 Å². The number of urea groups is 1. The molecule has 3 heterocycles. The van der Waals surface area contributed by atoms with E-state index in [1.54, 1.807) is 29.1 Å². The van der Waals surface area contributed by atoms with Gasteiger partial charge in [-0.25, -0.2) is 19.2 Å². The predicted molar refractivity (Wildman–Crippen MR) is 116 cm³/mol. The van der Waals surface area contributed by atoms with Crippen LogP contribution in [0.3, 0.4) is 0 Å². The van der Waals surface area contributed by atoms with E-state index in [-0.39, 0.29) is 36.2 Å². The number of rotatable bonds is 5. The van der Waals surface area contributed by atoms with Crippen molar-refractivity contribution in [2.75, 3.05) is 32.1 Å². The zero-order valence-electron chi connectivity index (χ0n) is 17.5. The first-order valence-electron chi connectivity index (χ1n) is 10.3. The second-order valence-corrected chi connectivity index (χ2v) is 8.42. The molecule has 1 aromatic carbocycles. The molecule has 11 heteroatoms. The number of aliphatic hydroxyl groups is 1. The summed E-state index contributed by atoms with van der Waals surface area (Å²) in [5.41, 5.74) is 2.10. The predicted octanol–water partition coefficient (Wildman–Crippen LogP) is 1.71. The number of hydrogen-bond acceptors (Lipinski definition) is 6. The van der Waals surface area contributed by atoms with Crippen LogP contribution in [-0.4, -0.2) is 69.6 Å². The molecule has 170 valence electrons. The number of likely N-dealkylation sites (tertiary alicyclic amines) is 1. The highest BCUT2D eigenvalue weighted by molar-refractivity contribution is 6.30. The monoisotopic (exact) mass is 462 g/mol. The third-order valence-electron chi connectivity index (χ3n) is 5.73. The maximum Gasteiger partial charge on any atom is 0.318 e. The Bertz CT molecular complexity index is 1040. The van der Waals surface area contributed by atoms with E-state index in [1.807, 2.05) is 0 Å². The third-order valence-corrected chi connectivity index (χ3v) is 6.04. The van der Waals surface area contributed by atoms with Crippen LogP contribution >= 0.6 is 11.6 Å². The van der Waals surface area contributed by atoms with Gasteiger partial charge in [0.25, 0.3) is 0 Å². The van der Waals surface area contributed by atoms with Crippen LogP contribution in [0.4, 0.5) is 15.1 Å². The standard InChI is InChI=1S/C21H24ClFN6O3/c1-28-9-14(7-19(28)31)25-20-24-8-13-4-5-29(10-17(13)26-20)21(32)27-18(11-30)12-2-3-15(22)16(23)6-12/h2-3,6,8,14,18,30H,4-5,7,9-11H2,1H3,(H,27,32)(H,24,25,26)/t14?,18-/m1/s1. The third kappa shape index (κ3) is 4.76. The number of hydrogen-bond donors (Lipinski definition) is 3. The van der Waals surface area contributed by atoms with Crippen molar-refractivity contribution in [1.82, 2.24) is 25.1 Å². The van der Waals surface area contributed by atoms with E-state index in [0.717, 1.165) is 11.3 Å². The molecule has 1 unspecified atom stereocenters. The first kappa shape index (κ1) is 22.2. The number of benzene rings is 1. The zero-order valence-corrected chi connectivity index (χ0v) is 18.3. The second kappa shape index (κ2) is 9.25. The molecular formula is C21H24ClFN6O3. The summed E-state index contributed by atoms with van der Waals surface area (Å²) in [6.45, 7) is 0.933. The molecule has 0 radical (unpaired) electrons. The van der Waals surface area contributed by atoms with Crippen LogP contribution in [-0.2, 0) is 17.8 Å². The lowest BCUT2D eigenvalue weighted by molar-refractivity contribution is -0.126. The molecule has 2 atom stereocenters. The van der Waals surface area contributed by atoms with Gasteiger partial charge in [-0.15, -0.1) is 0 Å². The van der Waals surface area contributed by atoms with E-state index in [1.165, 1.54) is 12.1 Å². The number of halogens is 2. The van der Waals surface area contributed by atoms with Crippen molar-refractivity contribution in [3.8, 4) is 0 Å². The molecule has 32 heavy (non-hydrogen) atoms. The van der Waals surface area contributed by atoms with Gasteiger partial charge < -0.3 is 25.5 Å². The summed E-state index contributed by atoms with van der Waals surface area (Å²) < 4.78 is 13.8. The van der Waals surface area contributed by atoms with Crippen LogP contribution in [0.1, 0.15) is 29.3 Å². The lowest BCUT2D eigenvalue weighted by atomic mass is 10.1. The number of nitrogens with zero attached hydrogens (tertiary/aromatic N) is 4. The Morgan fingerprint density at radius 2 is 2.25 bits per heavy atom. The fourth-order valence-corrected chi connectivity index (χ4v) is 4.01. The lowest BCUT2D eigenvalue weighted by Crippen LogP contribution is -2.45. The highest BCUT2D eigenvalue weighted by atomic mass is 35.5. The number of carbonyl (C=O) groups excluding carboxylic acids is 2. The number of aromatic nitrogens is 2. The van der Waals surface area contributed by atoms with Gasteiger partial charge >= 0.3 is 6.03 Å². The SMILES string of the molecule is CN1CC(Nc2ncc3c(n2)CN(C(=O)N[C@H](CO)c2ccc(Cl)c(F)c2)CC3)CC1=O. The molecule has 1 aromatic heterocycles.